The molecule has 18 nitrogen and oxygen atoms in total. The third-order valence-corrected chi connectivity index (χ3v) is 22.6. The Kier molecular flexibility index (Phi) is 30.8. The summed E-state index contributed by atoms with van der Waals surface area (Å²) in [6.07, 6.45) is 39.2. The molecule has 1 amide bonds. The van der Waals surface area contributed by atoms with Gasteiger partial charge in [0.2, 0.25) is 11.8 Å². The summed E-state index contributed by atoms with van der Waals surface area (Å²) in [6, 6.07) is 76.8. The molecular formula is C110H94N10O8S2. The number of imidazole rings is 2. The van der Waals surface area contributed by atoms with Crippen LogP contribution in [-0.2, 0) is 0 Å². The number of fused-ring (bicyclic) bond motifs is 6. The Labute approximate surface area is 762 Å². The maximum absolute atomic E-state index is 11.4. The number of nitrogens with two attached hydrogens (primary N) is 2. The number of carbonyl (C=O) groups is 2. The van der Waals surface area contributed by atoms with Crippen molar-refractivity contribution in [1.82, 2.24) is 39.9 Å². The van der Waals surface area contributed by atoms with Crippen molar-refractivity contribution in [1.29, 1.82) is 0 Å². The Hall–Kier alpha value is -16.4. The molecule has 0 radical (unpaired) electrons. The molecule has 0 saturated heterocycles. The summed E-state index contributed by atoms with van der Waals surface area (Å²) in [7, 11) is 0. The van der Waals surface area contributed by atoms with E-state index in [4.69, 9.17) is 58.9 Å². The first-order valence-corrected chi connectivity index (χ1v) is 43.2. The second kappa shape index (κ2) is 43.9. The Morgan fingerprint density at radius 3 is 1.28 bits per heavy atom. The lowest BCUT2D eigenvalue weighted by molar-refractivity contribution is 0.0698. The third kappa shape index (κ3) is 24.8. The molecular weight excluding hydrogens is 1650 g/mol. The average Bonchev–Trinajstić information content (AvgIpc) is 1.66. The van der Waals surface area contributed by atoms with Crippen molar-refractivity contribution in [3.8, 4) is 54.3 Å². The minimum atomic E-state index is -1.01. The lowest BCUT2D eigenvalue weighted by Crippen LogP contribution is -2.11. The van der Waals surface area contributed by atoms with Crippen LogP contribution in [0.4, 0.5) is 5.69 Å². The molecule has 12 aromatic carbocycles. The molecule has 0 unspecified atom stereocenters. The standard InChI is InChI=1S/C19H16N2O.C19H15NO2.C19H15NOS.C18H16N2OS.C18H15NO3.C17H17N3/c1-3-12-22-18-10-8-15(13-14(18)2)9-11-19-20-16-6-4-5-7-17(16)21-19;2*1-3-12-21-17-10-8-15(13-14(17)2)9-11-19-20-16-6-4-5-7-18(16)22-19;1-11-6-7-13(10-12(11)2)8-9-16-20-17-14(18(19)21)4-3-5-15(17)22-16;1-11-6-7-13(10-12(11)2)8-9-16-19-17-14(18(20)21)4-3-5-15(17)22-16;1-11-6-7-13(10-12(11)2)8-9-16-19-15-5-3-4-14(18)17(15)20-16/h1,4-11,13H,12H2,2H3,(H,20,21);2*1,4-11,13H,12H2,2H3;3-10H,1-2H3,(H2,19,21);3-10H,1-2H3,(H,20,21);3-10H,18H2,1-2H3,(H,19,20)/b3*11-9+;3*9-8+. The number of aryl methyl sites for hydroxylation is 9. The smallest absolute Gasteiger partial charge is 0.338 e. The predicted molar refractivity (Wildman–Crippen MR) is 537 cm³/mol. The molecule has 0 atom stereocenters. The maximum atomic E-state index is 11.4. The van der Waals surface area contributed by atoms with E-state index in [0.717, 1.165) is 127 Å². The van der Waals surface area contributed by atoms with Crippen molar-refractivity contribution < 1.29 is 37.7 Å². The topological polar surface area (TPSA) is 269 Å². The van der Waals surface area contributed by atoms with Crippen molar-refractivity contribution in [2.75, 3.05) is 25.6 Å². The summed E-state index contributed by atoms with van der Waals surface area (Å²) in [6.45, 7) is 19.4. The van der Waals surface area contributed by atoms with Crippen LogP contribution in [0.1, 0.15) is 138 Å². The zero-order valence-corrected chi connectivity index (χ0v) is 74.9. The van der Waals surface area contributed by atoms with E-state index >= 15 is 0 Å². The van der Waals surface area contributed by atoms with E-state index < -0.39 is 11.9 Å². The number of terminal acetylenes is 3. The number of carboxylic acids is 1. The van der Waals surface area contributed by atoms with Gasteiger partial charge in [-0.1, -0.05) is 169 Å². The molecule has 0 aliphatic carbocycles. The molecule has 7 N–H and O–H groups in total. The first kappa shape index (κ1) is 91.3. The Bertz CT molecular complexity index is 6870. The number of nitrogens with zero attached hydrogens (tertiary/aromatic N) is 6. The quantitative estimate of drug-likeness (QED) is 0.0351. The van der Waals surface area contributed by atoms with Crippen molar-refractivity contribution in [2.24, 2.45) is 5.73 Å². The van der Waals surface area contributed by atoms with Gasteiger partial charge < -0.3 is 49.6 Å². The fourth-order valence-electron chi connectivity index (χ4n) is 13.4. The number of amides is 1. The molecule has 130 heavy (non-hydrogen) atoms. The summed E-state index contributed by atoms with van der Waals surface area (Å²) < 4.78 is 29.8. The number of nitrogen functional groups attached to an aromatic ring is 1. The Morgan fingerprint density at radius 1 is 0.369 bits per heavy atom. The third-order valence-electron chi connectivity index (χ3n) is 20.6. The molecule has 0 aliphatic heterocycles. The lowest BCUT2D eigenvalue weighted by Gasteiger charge is -2.06. The van der Waals surface area contributed by atoms with Gasteiger partial charge in [-0.2, -0.15) is 0 Å². The van der Waals surface area contributed by atoms with Gasteiger partial charge in [0.25, 0.3) is 5.91 Å². The number of para-hydroxylation sites is 8. The number of primary amides is 1. The van der Waals surface area contributed by atoms with Crippen LogP contribution in [0, 0.1) is 99.3 Å². The minimum Gasteiger partial charge on any atom is -0.481 e. The summed E-state index contributed by atoms with van der Waals surface area (Å²) in [4.78, 5) is 55.9. The zero-order valence-electron chi connectivity index (χ0n) is 73.3. The van der Waals surface area contributed by atoms with Gasteiger partial charge in [0.1, 0.15) is 75.3 Å². The number of hydrogen-bond donors (Lipinski definition) is 5. The predicted octanol–water partition coefficient (Wildman–Crippen LogP) is 25.6. The molecule has 20 heteroatoms. The monoisotopic (exact) mass is 1750 g/mol. The van der Waals surface area contributed by atoms with Crippen LogP contribution < -0.4 is 25.7 Å². The molecule has 0 fully saturated rings. The first-order chi connectivity index (χ1) is 63.0. The fraction of sp³-hybridized carbons (Fsp3) is 0.109. The van der Waals surface area contributed by atoms with E-state index in [1.54, 1.807) is 46.9 Å². The number of hydrogen-bond acceptors (Lipinski definition) is 16. The summed E-state index contributed by atoms with van der Waals surface area (Å²) in [5.74, 6) is 11.0. The van der Waals surface area contributed by atoms with Gasteiger partial charge in [-0.15, -0.1) is 41.9 Å². The molecule has 18 rings (SSSR count). The SMILES string of the molecule is C#CCOc1ccc(/C=C/c2nc3ccccc3[nH]2)cc1C.C#CCOc1ccc(/C=C/c2nc3ccccc3o2)cc1C.C#CCOc1ccc(/C=C/c2nc3ccccc3s2)cc1C.Cc1ccc(/C=C/c2nc3c(C(=O)O)cccc3o2)cc1C.Cc1ccc(/C=C/c2nc3c(C(N)=O)cccc3s2)cc1C.Cc1ccc(/C=C/c2nc3c(N)cccc3[nH]2)cc1C. The normalized spacial score (nSPS) is 11.2. The summed E-state index contributed by atoms with van der Waals surface area (Å²) in [5, 5.41) is 11.0. The van der Waals surface area contributed by atoms with E-state index in [-0.39, 0.29) is 18.8 Å². The number of carboxylic acid groups (broad SMARTS) is 1. The highest BCUT2D eigenvalue weighted by atomic mass is 32.1. The minimum absolute atomic E-state index is 0.145. The van der Waals surface area contributed by atoms with Crippen molar-refractivity contribution in [2.45, 2.75) is 62.3 Å². The highest BCUT2D eigenvalue weighted by molar-refractivity contribution is 7.19. The van der Waals surface area contributed by atoms with Crippen LogP contribution in [0.5, 0.6) is 17.2 Å². The van der Waals surface area contributed by atoms with Crippen LogP contribution in [0.3, 0.4) is 0 Å². The van der Waals surface area contributed by atoms with E-state index in [1.807, 2.05) is 221 Å². The summed E-state index contributed by atoms with van der Waals surface area (Å²) in [5.41, 5.74) is 38.0. The molecule has 644 valence electrons. The zero-order chi connectivity index (χ0) is 91.6. The number of H-pyrrole nitrogens is 2. The van der Waals surface area contributed by atoms with Gasteiger partial charge in [-0.05, 0) is 291 Å². The number of thiazole rings is 2. The second-order valence-corrected chi connectivity index (χ2v) is 32.3. The average molecular weight is 1750 g/mol. The Morgan fingerprint density at radius 2 is 0.777 bits per heavy atom. The van der Waals surface area contributed by atoms with Gasteiger partial charge in [0.05, 0.1) is 53.8 Å². The maximum Gasteiger partial charge on any atom is 0.338 e. The number of nitrogens with one attached hydrogen (secondary N) is 2. The number of aromatic amines is 2. The van der Waals surface area contributed by atoms with Crippen molar-refractivity contribution >= 4 is 178 Å². The number of carbonyl (C=O) groups excluding carboxylic acids is 1. The van der Waals surface area contributed by atoms with Gasteiger partial charge in [0, 0.05) is 12.2 Å². The van der Waals surface area contributed by atoms with Crippen LogP contribution in [-0.4, -0.2) is 76.7 Å². The van der Waals surface area contributed by atoms with Crippen LogP contribution in [0.15, 0.2) is 245 Å². The van der Waals surface area contributed by atoms with Crippen LogP contribution in [0.2, 0.25) is 0 Å². The van der Waals surface area contributed by atoms with E-state index in [2.05, 4.69) is 178 Å². The van der Waals surface area contributed by atoms with Gasteiger partial charge in [-0.3, -0.25) is 4.79 Å². The van der Waals surface area contributed by atoms with Crippen molar-refractivity contribution in [3.63, 3.8) is 0 Å². The molecule has 0 aliphatic rings. The lowest BCUT2D eigenvalue weighted by atomic mass is 10.1. The summed E-state index contributed by atoms with van der Waals surface area (Å²) >= 11 is 3.24. The largest absolute Gasteiger partial charge is 0.481 e. The number of oxazole rings is 2. The van der Waals surface area contributed by atoms with Crippen molar-refractivity contribution in [3.05, 3.63) is 365 Å². The van der Waals surface area contributed by atoms with Crippen LogP contribution >= 0.6 is 22.7 Å². The van der Waals surface area contributed by atoms with E-state index in [1.165, 1.54) is 49.7 Å². The first-order valence-electron chi connectivity index (χ1n) is 41.5. The number of benzene rings is 12. The number of aromatic nitrogens is 8. The van der Waals surface area contributed by atoms with Gasteiger partial charge in [0.15, 0.2) is 11.2 Å². The molecule has 6 aromatic heterocycles. The van der Waals surface area contributed by atoms with E-state index in [9.17, 15) is 9.59 Å². The fourth-order valence-corrected chi connectivity index (χ4v) is 15.1. The molecule has 6 heterocycles. The molecule has 0 saturated carbocycles. The number of anilines is 1. The molecule has 0 spiro atoms. The number of rotatable bonds is 20. The van der Waals surface area contributed by atoms with Gasteiger partial charge >= 0.3 is 5.97 Å². The molecule has 0 bridgehead atoms. The number of ether oxygens (including phenoxy) is 3. The highest BCUT2D eigenvalue weighted by Crippen LogP contribution is 2.31. The number of aromatic carboxylic acids is 1. The Balaban J connectivity index is 0.000000133. The molecule has 18 aromatic rings. The van der Waals surface area contributed by atoms with Gasteiger partial charge in [-0.25, -0.2) is 34.7 Å². The second-order valence-electron chi connectivity index (χ2n) is 30.2. The highest BCUT2D eigenvalue weighted by Gasteiger charge is 2.16. The van der Waals surface area contributed by atoms with Crippen LogP contribution in [0.25, 0.3) is 138 Å². The van der Waals surface area contributed by atoms with E-state index in [0.29, 0.717) is 46.3 Å².